The van der Waals surface area contributed by atoms with Gasteiger partial charge in [0, 0.05) is 20.1 Å². The average Bonchev–Trinajstić information content (AvgIpc) is 2.68. The number of nitrogens with zero attached hydrogens (tertiary/aromatic N) is 3. The van der Waals surface area contributed by atoms with Gasteiger partial charge in [-0.1, -0.05) is 29.8 Å². The minimum absolute atomic E-state index is 0.0537. The van der Waals surface area contributed by atoms with Crippen molar-refractivity contribution in [2.75, 3.05) is 23.1 Å². The Morgan fingerprint density at radius 1 is 1.24 bits per heavy atom. The van der Waals surface area contributed by atoms with Crippen molar-refractivity contribution >= 4 is 21.9 Å². The van der Waals surface area contributed by atoms with Gasteiger partial charge in [-0.25, -0.2) is 17.7 Å². The second kappa shape index (κ2) is 8.24. The van der Waals surface area contributed by atoms with Gasteiger partial charge in [0.2, 0.25) is 21.7 Å². The highest BCUT2D eigenvalue weighted by Gasteiger charge is 2.31. The maximum Gasteiger partial charge on any atom is 0.297 e. The highest BCUT2D eigenvalue weighted by molar-refractivity contribution is 7.92. The number of aromatic nitrogens is 2. The Balaban J connectivity index is 1.83. The zero-order valence-electron chi connectivity index (χ0n) is 16.4. The summed E-state index contributed by atoms with van der Waals surface area (Å²) in [5, 5.41) is 12.7. The van der Waals surface area contributed by atoms with E-state index in [1.807, 2.05) is 31.2 Å². The topological polar surface area (TPSA) is 122 Å². The van der Waals surface area contributed by atoms with Crippen LogP contribution >= 0.6 is 0 Å². The number of benzene rings is 1. The van der Waals surface area contributed by atoms with Crippen LogP contribution in [0.2, 0.25) is 0 Å². The van der Waals surface area contributed by atoms with Crippen molar-refractivity contribution in [3.63, 3.8) is 0 Å². The molecule has 0 spiro atoms. The number of sulfonamides is 1. The van der Waals surface area contributed by atoms with Gasteiger partial charge in [0.05, 0.1) is 5.75 Å². The SMILES string of the molecule is Cc1ccc(CCNC(=O)c2nc(N3CCCCS3(=O)=O)n(C)c(=O)c2O)cc1. The van der Waals surface area contributed by atoms with Crippen molar-refractivity contribution in [3.8, 4) is 5.75 Å². The highest BCUT2D eigenvalue weighted by Crippen LogP contribution is 2.22. The molecule has 2 heterocycles. The number of amides is 1. The van der Waals surface area contributed by atoms with Gasteiger partial charge in [0.1, 0.15) is 0 Å². The Hall–Kier alpha value is -2.88. The van der Waals surface area contributed by atoms with Gasteiger partial charge in [-0.05, 0) is 31.7 Å². The summed E-state index contributed by atoms with van der Waals surface area (Å²) in [5.41, 5.74) is 0.802. The van der Waals surface area contributed by atoms with Gasteiger partial charge in [-0.3, -0.25) is 14.2 Å². The first kappa shape index (κ1) is 20.8. The molecule has 1 aliphatic heterocycles. The van der Waals surface area contributed by atoms with Crippen molar-refractivity contribution in [1.82, 2.24) is 14.9 Å². The summed E-state index contributed by atoms with van der Waals surface area (Å²) < 4.78 is 26.7. The molecule has 9 nitrogen and oxygen atoms in total. The zero-order valence-corrected chi connectivity index (χ0v) is 17.2. The molecule has 1 fully saturated rings. The molecule has 0 unspecified atom stereocenters. The van der Waals surface area contributed by atoms with E-state index in [1.165, 1.54) is 7.05 Å². The van der Waals surface area contributed by atoms with Crippen LogP contribution < -0.4 is 15.2 Å². The number of carbonyl (C=O) groups is 1. The normalized spacial score (nSPS) is 15.9. The highest BCUT2D eigenvalue weighted by atomic mass is 32.2. The molecule has 2 N–H and O–H groups in total. The first-order valence-electron chi connectivity index (χ1n) is 9.35. The lowest BCUT2D eigenvalue weighted by molar-refractivity contribution is 0.0945. The Morgan fingerprint density at radius 3 is 2.59 bits per heavy atom. The number of rotatable bonds is 5. The molecule has 0 aliphatic carbocycles. The van der Waals surface area contributed by atoms with E-state index in [2.05, 4.69) is 10.3 Å². The smallest absolute Gasteiger partial charge is 0.297 e. The number of hydrogen-bond donors (Lipinski definition) is 2. The Labute approximate surface area is 169 Å². The molecular weight excluding hydrogens is 396 g/mol. The van der Waals surface area contributed by atoms with E-state index in [9.17, 15) is 23.1 Å². The molecule has 156 valence electrons. The molecule has 1 aromatic carbocycles. The molecule has 1 amide bonds. The van der Waals surface area contributed by atoms with Gasteiger partial charge >= 0.3 is 0 Å². The number of aromatic hydroxyl groups is 1. The molecule has 2 aromatic rings. The molecule has 1 aliphatic rings. The second-order valence-electron chi connectivity index (χ2n) is 7.06. The minimum atomic E-state index is -3.63. The molecule has 29 heavy (non-hydrogen) atoms. The van der Waals surface area contributed by atoms with Crippen LogP contribution in [0.5, 0.6) is 5.75 Å². The number of nitrogens with one attached hydrogen (secondary N) is 1. The molecule has 0 atom stereocenters. The third-order valence-corrected chi connectivity index (χ3v) is 6.67. The maximum atomic E-state index is 12.5. The van der Waals surface area contributed by atoms with Crippen LogP contribution in [0.15, 0.2) is 29.1 Å². The predicted octanol–water partition coefficient (Wildman–Crippen LogP) is 0.697. The maximum absolute atomic E-state index is 12.5. The molecule has 0 bridgehead atoms. The van der Waals surface area contributed by atoms with Gasteiger partial charge in [0.15, 0.2) is 5.69 Å². The summed E-state index contributed by atoms with van der Waals surface area (Å²) in [4.78, 5) is 28.9. The van der Waals surface area contributed by atoms with Crippen LogP contribution in [-0.2, 0) is 23.5 Å². The summed E-state index contributed by atoms with van der Waals surface area (Å²) in [6.45, 7) is 2.42. The van der Waals surface area contributed by atoms with Crippen molar-refractivity contribution < 1.29 is 18.3 Å². The van der Waals surface area contributed by atoms with Gasteiger partial charge in [-0.15, -0.1) is 0 Å². The van der Waals surface area contributed by atoms with Crippen LogP contribution in [0.3, 0.4) is 0 Å². The molecular formula is C19H24N4O5S. The van der Waals surface area contributed by atoms with E-state index in [0.717, 1.165) is 20.0 Å². The van der Waals surface area contributed by atoms with Crippen molar-refractivity contribution in [3.05, 3.63) is 51.4 Å². The second-order valence-corrected chi connectivity index (χ2v) is 9.07. The summed E-state index contributed by atoms with van der Waals surface area (Å²) in [6, 6.07) is 7.84. The largest absolute Gasteiger partial charge is 0.501 e. The van der Waals surface area contributed by atoms with E-state index in [-0.39, 0.29) is 24.8 Å². The fourth-order valence-electron chi connectivity index (χ4n) is 3.13. The fourth-order valence-corrected chi connectivity index (χ4v) is 4.74. The Bertz CT molecular complexity index is 1080. The number of aryl methyl sites for hydroxylation is 1. The van der Waals surface area contributed by atoms with Crippen LogP contribution in [0, 0.1) is 6.92 Å². The quantitative estimate of drug-likeness (QED) is 0.734. The van der Waals surface area contributed by atoms with E-state index >= 15 is 0 Å². The Kier molecular flexibility index (Phi) is 5.92. The van der Waals surface area contributed by atoms with Crippen molar-refractivity contribution in [2.24, 2.45) is 7.05 Å². The van der Waals surface area contributed by atoms with E-state index in [0.29, 0.717) is 19.3 Å². The summed E-state index contributed by atoms with van der Waals surface area (Å²) >= 11 is 0. The fraction of sp³-hybridized carbons (Fsp3) is 0.421. The van der Waals surface area contributed by atoms with Crippen LogP contribution in [-0.4, -0.2) is 47.8 Å². The molecule has 10 heteroatoms. The Morgan fingerprint density at radius 2 is 1.93 bits per heavy atom. The average molecular weight is 420 g/mol. The van der Waals surface area contributed by atoms with Gasteiger partial charge in [0.25, 0.3) is 11.5 Å². The van der Waals surface area contributed by atoms with Crippen LogP contribution in [0.1, 0.15) is 34.5 Å². The van der Waals surface area contributed by atoms with Crippen molar-refractivity contribution in [2.45, 2.75) is 26.2 Å². The van der Waals surface area contributed by atoms with Crippen LogP contribution in [0.25, 0.3) is 0 Å². The van der Waals surface area contributed by atoms with E-state index in [1.54, 1.807) is 0 Å². The van der Waals surface area contributed by atoms with E-state index in [4.69, 9.17) is 0 Å². The first-order valence-corrected chi connectivity index (χ1v) is 11.0. The van der Waals surface area contributed by atoms with Crippen molar-refractivity contribution in [1.29, 1.82) is 0 Å². The predicted molar refractivity (Wildman–Crippen MR) is 109 cm³/mol. The zero-order chi connectivity index (χ0) is 21.2. The lowest BCUT2D eigenvalue weighted by Crippen LogP contribution is -2.42. The number of anilines is 1. The van der Waals surface area contributed by atoms with Gasteiger partial charge in [-0.2, -0.15) is 0 Å². The van der Waals surface area contributed by atoms with Crippen LogP contribution in [0.4, 0.5) is 5.95 Å². The first-order chi connectivity index (χ1) is 13.7. The summed E-state index contributed by atoms with van der Waals surface area (Å²) in [6.07, 6.45) is 1.70. The summed E-state index contributed by atoms with van der Waals surface area (Å²) in [5.74, 6) is -1.76. The molecule has 1 saturated heterocycles. The van der Waals surface area contributed by atoms with Gasteiger partial charge < -0.3 is 10.4 Å². The summed E-state index contributed by atoms with van der Waals surface area (Å²) in [7, 11) is -2.32. The lowest BCUT2D eigenvalue weighted by atomic mass is 10.1. The minimum Gasteiger partial charge on any atom is -0.501 e. The monoisotopic (exact) mass is 420 g/mol. The lowest BCUT2D eigenvalue weighted by Gasteiger charge is -2.28. The number of carbonyl (C=O) groups excluding carboxylic acids is 1. The third-order valence-electron chi connectivity index (χ3n) is 4.85. The number of hydrogen-bond acceptors (Lipinski definition) is 6. The molecule has 1 aromatic heterocycles. The third kappa shape index (κ3) is 4.42. The molecule has 3 rings (SSSR count). The standard InChI is InChI=1S/C19H24N4O5S/c1-13-5-7-14(8-6-13)9-10-20-17(25)15-16(24)18(26)22(2)19(21-15)23-11-3-4-12-29(23,27)28/h5-8,24H,3-4,9-12H2,1-2H3,(H,20,25). The molecule has 0 radical (unpaired) electrons. The van der Waals surface area contributed by atoms with E-state index < -0.39 is 32.9 Å². The molecule has 0 saturated carbocycles.